The summed E-state index contributed by atoms with van der Waals surface area (Å²) in [5.41, 5.74) is -0.937. The fourth-order valence-electron chi connectivity index (χ4n) is 1.82. The van der Waals surface area contributed by atoms with E-state index >= 15 is 0 Å². The number of hydrogen-bond donors (Lipinski definition) is 0. The van der Waals surface area contributed by atoms with Gasteiger partial charge in [-0.2, -0.15) is 0 Å². The van der Waals surface area contributed by atoms with Gasteiger partial charge < -0.3 is 4.74 Å². The molecule has 2 rings (SSSR count). The third-order valence-corrected chi connectivity index (χ3v) is 4.04. The van der Waals surface area contributed by atoms with Crippen LogP contribution in [0.5, 0.6) is 0 Å². The van der Waals surface area contributed by atoms with E-state index in [2.05, 4.69) is 0 Å². The summed E-state index contributed by atoms with van der Waals surface area (Å²) in [5.74, 6) is -0.890. The third kappa shape index (κ3) is 2.10. The lowest BCUT2D eigenvalue weighted by Crippen LogP contribution is -2.07. The van der Waals surface area contributed by atoms with Gasteiger partial charge in [0, 0.05) is 6.07 Å². The van der Waals surface area contributed by atoms with Crippen LogP contribution in [0.25, 0.3) is 5.57 Å². The molecule has 1 aromatic carbocycles. The molecule has 8 heteroatoms. The Balaban J connectivity index is 2.72. The molecule has 19 heavy (non-hydrogen) atoms. The minimum Gasteiger partial charge on any atom is -0.462 e. The van der Waals surface area contributed by atoms with Crippen molar-refractivity contribution in [2.24, 2.45) is 0 Å². The summed E-state index contributed by atoms with van der Waals surface area (Å²) in [7, 11) is -3.84. The second kappa shape index (κ2) is 4.47. The number of hydrogen-bond acceptors (Lipinski definition) is 6. The zero-order valence-electron chi connectivity index (χ0n) is 9.82. The highest BCUT2D eigenvalue weighted by Gasteiger charge is 2.37. The maximum absolute atomic E-state index is 11.8. The molecule has 0 unspecified atom stereocenters. The molecule has 0 radical (unpaired) electrons. The molecule has 0 saturated heterocycles. The van der Waals surface area contributed by atoms with Crippen molar-refractivity contribution in [2.75, 3.05) is 6.61 Å². The fourth-order valence-corrected chi connectivity index (χ4v) is 3.23. The number of nitrogens with zero attached hydrogens (tertiary/aromatic N) is 1. The number of sulfone groups is 1. The summed E-state index contributed by atoms with van der Waals surface area (Å²) in [6.45, 7) is 1.61. The predicted octanol–water partition coefficient (Wildman–Crippen LogP) is 1.29. The zero-order valence-corrected chi connectivity index (χ0v) is 10.6. The fraction of sp³-hybridized carbons (Fsp3) is 0.182. The Hall–Kier alpha value is -2.22. The van der Waals surface area contributed by atoms with Gasteiger partial charge in [-0.15, -0.1) is 0 Å². The van der Waals surface area contributed by atoms with Gasteiger partial charge in [-0.3, -0.25) is 10.1 Å². The Labute approximate surface area is 108 Å². The van der Waals surface area contributed by atoms with Crippen LogP contribution in [0.1, 0.15) is 12.5 Å². The van der Waals surface area contributed by atoms with Crippen molar-refractivity contribution in [3.05, 3.63) is 39.3 Å². The highest BCUT2D eigenvalue weighted by Crippen LogP contribution is 2.39. The highest BCUT2D eigenvalue weighted by molar-refractivity contribution is 7.95. The summed E-state index contributed by atoms with van der Waals surface area (Å²) < 4.78 is 28.4. The number of nitro groups is 1. The van der Waals surface area contributed by atoms with Gasteiger partial charge in [-0.1, -0.05) is 6.07 Å². The monoisotopic (exact) mass is 283 g/mol. The van der Waals surface area contributed by atoms with E-state index in [1.54, 1.807) is 6.92 Å². The van der Waals surface area contributed by atoms with E-state index in [9.17, 15) is 23.3 Å². The number of benzene rings is 1. The van der Waals surface area contributed by atoms with E-state index in [1.165, 1.54) is 12.1 Å². The molecule has 1 heterocycles. The highest BCUT2D eigenvalue weighted by atomic mass is 32.2. The molecule has 7 nitrogen and oxygen atoms in total. The molecule has 1 aromatic rings. The van der Waals surface area contributed by atoms with Crippen LogP contribution in [0, 0.1) is 10.1 Å². The summed E-state index contributed by atoms with van der Waals surface area (Å²) in [4.78, 5) is 21.6. The summed E-state index contributed by atoms with van der Waals surface area (Å²) >= 11 is 0. The Morgan fingerprint density at radius 1 is 1.42 bits per heavy atom. The first kappa shape index (κ1) is 13.2. The van der Waals surface area contributed by atoms with Gasteiger partial charge in [-0.25, -0.2) is 13.2 Å². The quantitative estimate of drug-likeness (QED) is 0.470. The van der Waals surface area contributed by atoms with Gasteiger partial charge >= 0.3 is 5.97 Å². The van der Waals surface area contributed by atoms with Crippen molar-refractivity contribution in [2.45, 2.75) is 11.8 Å². The maximum Gasteiger partial charge on any atom is 0.339 e. The molecule has 0 amide bonds. The Kier molecular flexibility index (Phi) is 3.11. The van der Waals surface area contributed by atoms with E-state index in [1.807, 2.05) is 0 Å². The van der Waals surface area contributed by atoms with E-state index < -0.39 is 26.4 Å². The first-order chi connectivity index (χ1) is 8.88. The van der Waals surface area contributed by atoms with E-state index in [0.29, 0.717) is 5.41 Å². The number of ether oxygens (including phenoxy) is 1. The number of carbonyl (C=O) groups is 1. The second-order valence-electron chi connectivity index (χ2n) is 3.70. The molecule has 100 valence electrons. The zero-order chi connectivity index (χ0) is 14.2. The lowest BCUT2D eigenvalue weighted by molar-refractivity contribution is -0.385. The SMILES string of the molecule is CCOC(=O)C1=CS(=O)(=O)c2cccc([N+](=O)[O-])c21. The molecular weight excluding hydrogens is 274 g/mol. The third-order valence-electron chi connectivity index (χ3n) is 2.55. The smallest absolute Gasteiger partial charge is 0.339 e. The van der Waals surface area contributed by atoms with Gasteiger partial charge in [-0.05, 0) is 13.0 Å². The van der Waals surface area contributed by atoms with Gasteiger partial charge in [0.15, 0.2) is 0 Å². The number of rotatable bonds is 3. The molecule has 0 N–H and O–H groups in total. The molecule has 0 spiro atoms. The van der Waals surface area contributed by atoms with E-state index in [4.69, 9.17) is 4.74 Å². The number of carbonyl (C=O) groups excluding carboxylic acids is 1. The van der Waals surface area contributed by atoms with Crippen LogP contribution in [0.2, 0.25) is 0 Å². The predicted molar refractivity (Wildman–Crippen MR) is 64.9 cm³/mol. The minimum atomic E-state index is -3.84. The summed E-state index contributed by atoms with van der Waals surface area (Å²) in [6.07, 6.45) is 0. The molecule has 1 aliphatic rings. The van der Waals surface area contributed by atoms with Crippen molar-refractivity contribution < 1.29 is 22.9 Å². The van der Waals surface area contributed by atoms with Crippen molar-refractivity contribution >= 4 is 27.1 Å². The lowest BCUT2D eigenvalue weighted by Gasteiger charge is -2.04. The van der Waals surface area contributed by atoms with Crippen molar-refractivity contribution in [3.8, 4) is 0 Å². The summed E-state index contributed by atoms with van der Waals surface area (Å²) in [6, 6.07) is 3.63. The molecule has 0 atom stereocenters. The van der Waals surface area contributed by atoms with Crippen LogP contribution < -0.4 is 0 Å². The van der Waals surface area contributed by atoms with Crippen LogP contribution in [0.4, 0.5) is 5.69 Å². The molecule has 0 saturated carbocycles. The number of nitro benzene ring substituents is 1. The average Bonchev–Trinajstić information content (AvgIpc) is 2.62. The minimum absolute atomic E-state index is 0.0478. The largest absolute Gasteiger partial charge is 0.462 e. The van der Waals surface area contributed by atoms with Crippen LogP contribution >= 0.6 is 0 Å². The standard InChI is InChI=1S/C11H9NO6S/c1-2-18-11(13)7-6-19(16,17)9-5-3-4-8(10(7)9)12(14)15/h3-6H,2H2,1H3. The van der Waals surface area contributed by atoms with Crippen LogP contribution in [0.15, 0.2) is 28.5 Å². The van der Waals surface area contributed by atoms with Crippen LogP contribution in [-0.2, 0) is 19.4 Å². The van der Waals surface area contributed by atoms with Gasteiger partial charge in [0.25, 0.3) is 5.69 Å². The first-order valence-corrected chi connectivity index (χ1v) is 6.84. The molecule has 0 aromatic heterocycles. The molecule has 0 bridgehead atoms. The van der Waals surface area contributed by atoms with Gasteiger partial charge in [0.1, 0.15) is 0 Å². The first-order valence-electron chi connectivity index (χ1n) is 5.30. The number of esters is 1. The summed E-state index contributed by atoms with van der Waals surface area (Å²) in [5, 5.41) is 11.6. The molecule has 0 aliphatic carbocycles. The lowest BCUT2D eigenvalue weighted by atomic mass is 10.1. The average molecular weight is 283 g/mol. The van der Waals surface area contributed by atoms with Crippen LogP contribution in [0.3, 0.4) is 0 Å². The van der Waals surface area contributed by atoms with Crippen LogP contribution in [-0.4, -0.2) is 25.9 Å². The van der Waals surface area contributed by atoms with Gasteiger partial charge in [0.05, 0.1) is 33.0 Å². The normalized spacial score (nSPS) is 15.5. The Morgan fingerprint density at radius 3 is 2.68 bits per heavy atom. The maximum atomic E-state index is 11.8. The second-order valence-corrected chi connectivity index (χ2v) is 5.47. The topological polar surface area (TPSA) is 104 Å². The van der Waals surface area contributed by atoms with Crippen molar-refractivity contribution in [1.29, 1.82) is 0 Å². The molecular formula is C11H9NO6S. The molecule has 0 fully saturated rings. The molecule has 1 aliphatic heterocycles. The van der Waals surface area contributed by atoms with Gasteiger partial charge in [0.2, 0.25) is 9.84 Å². The number of fused-ring (bicyclic) bond motifs is 1. The Morgan fingerprint density at radius 2 is 2.11 bits per heavy atom. The van der Waals surface area contributed by atoms with Crippen molar-refractivity contribution in [3.63, 3.8) is 0 Å². The van der Waals surface area contributed by atoms with E-state index in [-0.39, 0.29) is 22.6 Å². The Bertz CT molecular complexity index is 704. The van der Waals surface area contributed by atoms with Crippen molar-refractivity contribution in [1.82, 2.24) is 0 Å². The van der Waals surface area contributed by atoms with E-state index in [0.717, 1.165) is 6.07 Å².